The molecule has 0 bridgehead atoms. The predicted octanol–water partition coefficient (Wildman–Crippen LogP) is 1.26. The minimum absolute atomic E-state index is 0.0309. The molecule has 5 nitrogen and oxygen atoms in total. The van der Waals surface area contributed by atoms with Crippen molar-refractivity contribution < 1.29 is 13.2 Å². The Morgan fingerprint density at radius 3 is 2.17 bits per heavy atom. The number of morpholine rings is 1. The largest absolute Gasteiger partial charge is 0.373 e. The van der Waals surface area contributed by atoms with Crippen LogP contribution in [0.15, 0.2) is 0 Å². The first-order chi connectivity index (χ1) is 8.47. The van der Waals surface area contributed by atoms with E-state index in [2.05, 4.69) is 4.72 Å². The smallest absolute Gasteiger partial charge is 0.279 e. The number of nitrogens with one attached hydrogen (secondary N) is 1. The highest BCUT2D eigenvalue weighted by Gasteiger charge is 2.32. The Hall–Kier alpha value is -0.170. The van der Waals surface area contributed by atoms with Gasteiger partial charge in [-0.25, -0.2) is 0 Å². The van der Waals surface area contributed by atoms with Gasteiger partial charge >= 0.3 is 0 Å². The molecule has 18 heavy (non-hydrogen) atoms. The van der Waals surface area contributed by atoms with Gasteiger partial charge in [0.05, 0.1) is 12.2 Å². The predicted molar refractivity (Wildman–Crippen MR) is 70.5 cm³/mol. The average molecular weight is 276 g/mol. The van der Waals surface area contributed by atoms with E-state index in [4.69, 9.17) is 4.74 Å². The summed E-state index contributed by atoms with van der Waals surface area (Å²) in [5.41, 5.74) is 0. The van der Waals surface area contributed by atoms with Crippen LogP contribution in [0.5, 0.6) is 0 Å². The zero-order valence-corrected chi connectivity index (χ0v) is 12.1. The quantitative estimate of drug-likeness (QED) is 0.844. The van der Waals surface area contributed by atoms with Crippen LogP contribution in [0.2, 0.25) is 0 Å². The fourth-order valence-corrected chi connectivity index (χ4v) is 4.45. The normalized spacial score (nSPS) is 32.6. The molecule has 0 aromatic heterocycles. The number of hydrogen-bond acceptors (Lipinski definition) is 3. The molecule has 1 aliphatic heterocycles. The Kier molecular flexibility index (Phi) is 4.64. The van der Waals surface area contributed by atoms with E-state index in [1.807, 2.05) is 13.8 Å². The van der Waals surface area contributed by atoms with Crippen LogP contribution >= 0.6 is 0 Å². The van der Waals surface area contributed by atoms with Crippen molar-refractivity contribution in [2.24, 2.45) is 0 Å². The lowest BCUT2D eigenvalue weighted by Gasteiger charge is -2.35. The SMILES string of the molecule is C[C@@H]1CN(S(=O)(=O)NC2CCCCC2)C[C@H](C)O1. The summed E-state index contributed by atoms with van der Waals surface area (Å²) in [7, 11) is -3.35. The third-order valence-electron chi connectivity index (χ3n) is 3.65. The topological polar surface area (TPSA) is 58.6 Å². The molecular formula is C12H24N2O3S. The van der Waals surface area contributed by atoms with Crippen molar-refractivity contribution >= 4 is 10.2 Å². The summed E-state index contributed by atoms with van der Waals surface area (Å²) in [6.07, 6.45) is 5.35. The van der Waals surface area contributed by atoms with Crippen molar-refractivity contribution in [3.05, 3.63) is 0 Å². The molecule has 0 amide bonds. The first-order valence-corrected chi connectivity index (χ1v) is 8.34. The Labute approximate surface area is 110 Å². The van der Waals surface area contributed by atoms with E-state index in [-0.39, 0.29) is 18.2 Å². The van der Waals surface area contributed by atoms with E-state index in [0.29, 0.717) is 13.1 Å². The maximum absolute atomic E-state index is 12.3. The summed E-state index contributed by atoms with van der Waals surface area (Å²) in [6, 6.07) is 0.122. The third kappa shape index (κ3) is 3.66. The molecule has 1 saturated heterocycles. The van der Waals surface area contributed by atoms with Crippen molar-refractivity contribution in [2.75, 3.05) is 13.1 Å². The Balaban J connectivity index is 1.96. The zero-order chi connectivity index (χ0) is 13.2. The van der Waals surface area contributed by atoms with Gasteiger partial charge in [0.1, 0.15) is 0 Å². The molecule has 0 radical (unpaired) electrons. The van der Waals surface area contributed by atoms with E-state index in [1.54, 1.807) is 0 Å². The van der Waals surface area contributed by atoms with Gasteiger partial charge in [0, 0.05) is 19.1 Å². The minimum atomic E-state index is -3.35. The van der Waals surface area contributed by atoms with Gasteiger partial charge in [0.25, 0.3) is 10.2 Å². The molecule has 0 spiro atoms. The highest BCUT2D eigenvalue weighted by molar-refractivity contribution is 7.87. The second-order valence-electron chi connectivity index (χ2n) is 5.53. The van der Waals surface area contributed by atoms with E-state index >= 15 is 0 Å². The van der Waals surface area contributed by atoms with Crippen molar-refractivity contribution in [3.8, 4) is 0 Å². The lowest BCUT2D eigenvalue weighted by molar-refractivity contribution is -0.0445. The molecule has 0 unspecified atom stereocenters. The standard InChI is InChI=1S/C12H24N2O3S/c1-10-8-14(9-11(2)17-10)18(15,16)13-12-6-4-3-5-7-12/h10-13H,3-9H2,1-2H3/t10-,11+. The third-order valence-corrected chi connectivity index (χ3v) is 5.26. The fraction of sp³-hybridized carbons (Fsp3) is 1.00. The van der Waals surface area contributed by atoms with E-state index in [1.165, 1.54) is 10.7 Å². The first-order valence-electron chi connectivity index (χ1n) is 6.90. The summed E-state index contributed by atoms with van der Waals surface area (Å²) in [5, 5.41) is 0. The maximum atomic E-state index is 12.3. The van der Waals surface area contributed by atoms with Crippen LogP contribution in [0, 0.1) is 0 Å². The van der Waals surface area contributed by atoms with Gasteiger partial charge in [0.2, 0.25) is 0 Å². The van der Waals surface area contributed by atoms with Crippen LogP contribution in [0.1, 0.15) is 46.0 Å². The summed E-state index contributed by atoms with van der Waals surface area (Å²) in [6.45, 7) is 4.73. The van der Waals surface area contributed by atoms with Crippen molar-refractivity contribution in [2.45, 2.75) is 64.2 Å². The van der Waals surface area contributed by atoms with Crippen LogP contribution in [-0.4, -0.2) is 44.1 Å². The molecule has 1 aliphatic carbocycles. The van der Waals surface area contributed by atoms with E-state index in [9.17, 15) is 8.42 Å². The van der Waals surface area contributed by atoms with Gasteiger partial charge in [-0.15, -0.1) is 0 Å². The first kappa shape index (κ1) is 14.2. The number of rotatable bonds is 3. The zero-order valence-electron chi connectivity index (χ0n) is 11.3. The number of hydrogen-bond donors (Lipinski definition) is 1. The lowest BCUT2D eigenvalue weighted by Crippen LogP contribution is -2.53. The molecular weight excluding hydrogens is 252 g/mol. The van der Waals surface area contributed by atoms with Crippen molar-refractivity contribution in [1.82, 2.24) is 9.03 Å². The molecule has 1 N–H and O–H groups in total. The average Bonchev–Trinajstić information content (AvgIpc) is 2.28. The van der Waals surface area contributed by atoms with E-state index < -0.39 is 10.2 Å². The van der Waals surface area contributed by atoms with Gasteiger partial charge in [-0.1, -0.05) is 19.3 Å². The van der Waals surface area contributed by atoms with E-state index in [0.717, 1.165) is 25.7 Å². The van der Waals surface area contributed by atoms with Crippen LogP contribution in [0.4, 0.5) is 0 Å². The van der Waals surface area contributed by atoms with Gasteiger partial charge in [0.15, 0.2) is 0 Å². The molecule has 2 atom stereocenters. The molecule has 2 fully saturated rings. The molecule has 6 heteroatoms. The summed E-state index contributed by atoms with van der Waals surface area (Å²) >= 11 is 0. The Bertz CT molecular complexity index is 356. The van der Waals surface area contributed by atoms with Gasteiger partial charge in [-0.05, 0) is 26.7 Å². The Morgan fingerprint density at radius 1 is 1.06 bits per heavy atom. The summed E-state index contributed by atoms with van der Waals surface area (Å²) < 4.78 is 34.6. The lowest BCUT2D eigenvalue weighted by atomic mass is 9.96. The fourth-order valence-electron chi connectivity index (χ4n) is 2.83. The number of nitrogens with zero attached hydrogens (tertiary/aromatic N) is 1. The van der Waals surface area contributed by atoms with Crippen molar-refractivity contribution in [1.29, 1.82) is 0 Å². The molecule has 0 aromatic rings. The summed E-state index contributed by atoms with van der Waals surface area (Å²) in [4.78, 5) is 0. The Morgan fingerprint density at radius 2 is 1.61 bits per heavy atom. The molecule has 1 saturated carbocycles. The maximum Gasteiger partial charge on any atom is 0.279 e. The second kappa shape index (κ2) is 5.86. The highest BCUT2D eigenvalue weighted by atomic mass is 32.2. The second-order valence-corrected chi connectivity index (χ2v) is 7.23. The van der Waals surface area contributed by atoms with Crippen LogP contribution in [0.25, 0.3) is 0 Å². The molecule has 0 aromatic carbocycles. The van der Waals surface area contributed by atoms with Gasteiger partial charge in [-0.3, -0.25) is 0 Å². The highest BCUT2D eigenvalue weighted by Crippen LogP contribution is 2.20. The van der Waals surface area contributed by atoms with Gasteiger partial charge < -0.3 is 4.74 Å². The molecule has 2 aliphatic rings. The van der Waals surface area contributed by atoms with Crippen LogP contribution < -0.4 is 4.72 Å². The van der Waals surface area contributed by atoms with Gasteiger partial charge in [-0.2, -0.15) is 17.4 Å². The monoisotopic (exact) mass is 276 g/mol. The molecule has 2 rings (SSSR count). The molecule has 1 heterocycles. The minimum Gasteiger partial charge on any atom is -0.373 e. The summed E-state index contributed by atoms with van der Waals surface area (Å²) in [5.74, 6) is 0. The molecule has 106 valence electrons. The van der Waals surface area contributed by atoms with Crippen molar-refractivity contribution in [3.63, 3.8) is 0 Å². The number of ether oxygens (including phenoxy) is 1. The van der Waals surface area contributed by atoms with Crippen LogP contribution in [-0.2, 0) is 14.9 Å². The van der Waals surface area contributed by atoms with Crippen LogP contribution in [0.3, 0.4) is 0 Å².